The number of likely N-dealkylation sites (tertiary alicyclic amines) is 1. The third-order valence-electron chi connectivity index (χ3n) is 5.65. The van der Waals surface area contributed by atoms with Gasteiger partial charge < -0.3 is 9.64 Å². The highest BCUT2D eigenvalue weighted by Gasteiger charge is 2.35. The van der Waals surface area contributed by atoms with Crippen LogP contribution >= 0.6 is 0 Å². The quantitative estimate of drug-likeness (QED) is 0.608. The molecule has 1 fully saturated rings. The fourth-order valence-corrected chi connectivity index (χ4v) is 5.09. The lowest BCUT2D eigenvalue weighted by Gasteiger charge is -2.33. The topological polar surface area (TPSA) is 120 Å². The number of amidine groups is 1. The SMILES string of the molecule is Cn1c(COC(=O)[C@H]2CCCN(C3=NS(=O)(=O)c4ccccc43)C2)cc(=O)n(C)c1=O. The molecule has 3 heterocycles. The summed E-state index contributed by atoms with van der Waals surface area (Å²) < 4.78 is 36.2. The van der Waals surface area contributed by atoms with E-state index in [-0.39, 0.29) is 18.0 Å². The zero-order chi connectivity index (χ0) is 22.3. The van der Waals surface area contributed by atoms with Crippen LogP contribution in [0.5, 0.6) is 0 Å². The molecule has 10 nitrogen and oxygen atoms in total. The van der Waals surface area contributed by atoms with Crippen molar-refractivity contribution in [3.8, 4) is 0 Å². The van der Waals surface area contributed by atoms with Gasteiger partial charge in [-0.05, 0) is 25.0 Å². The van der Waals surface area contributed by atoms with Crippen LogP contribution in [0.2, 0.25) is 0 Å². The van der Waals surface area contributed by atoms with Crippen molar-refractivity contribution in [1.82, 2.24) is 14.0 Å². The molecule has 31 heavy (non-hydrogen) atoms. The first kappa shape index (κ1) is 21.0. The molecule has 4 rings (SSSR count). The Morgan fingerprint density at radius 3 is 2.71 bits per heavy atom. The minimum absolute atomic E-state index is 0.168. The summed E-state index contributed by atoms with van der Waals surface area (Å²) >= 11 is 0. The van der Waals surface area contributed by atoms with Gasteiger partial charge in [0.2, 0.25) is 0 Å². The first-order chi connectivity index (χ1) is 14.7. The Morgan fingerprint density at radius 2 is 1.94 bits per heavy atom. The Kier molecular flexibility index (Phi) is 5.29. The van der Waals surface area contributed by atoms with E-state index in [2.05, 4.69) is 4.40 Å². The van der Waals surface area contributed by atoms with Gasteiger partial charge in [-0.3, -0.25) is 18.7 Å². The predicted octanol–water partition coefficient (Wildman–Crippen LogP) is -0.0117. The highest BCUT2D eigenvalue weighted by atomic mass is 32.2. The van der Waals surface area contributed by atoms with Crippen LogP contribution in [-0.4, -0.2) is 47.3 Å². The fraction of sp³-hybridized carbons (Fsp3) is 0.400. The number of nitrogens with zero attached hydrogens (tertiary/aromatic N) is 4. The van der Waals surface area contributed by atoms with Gasteiger partial charge in [0, 0.05) is 38.8 Å². The van der Waals surface area contributed by atoms with E-state index in [1.54, 1.807) is 23.1 Å². The van der Waals surface area contributed by atoms with Crippen molar-refractivity contribution < 1.29 is 17.9 Å². The van der Waals surface area contributed by atoms with Crippen molar-refractivity contribution in [2.75, 3.05) is 13.1 Å². The fourth-order valence-electron chi connectivity index (χ4n) is 3.86. The van der Waals surface area contributed by atoms with Crippen molar-refractivity contribution in [3.05, 3.63) is 62.4 Å². The summed E-state index contributed by atoms with van der Waals surface area (Å²) in [5.74, 6) is -0.592. The van der Waals surface area contributed by atoms with Crippen LogP contribution in [0.1, 0.15) is 24.1 Å². The molecule has 2 aromatic rings. The maximum absolute atomic E-state index is 12.7. The van der Waals surface area contributed by atoms with E-state index in [4.69, 9.17) is 4.74 Å². The second kappa shape index (κ2) is 7.80. The Balaban J connectivity index is 1.48. The normalized spacial score (nSPS) is 19.6. The summed E-state index contributed by atoms with van der Waals surface area (Å²) in [5, 5.41) is 0. The Labute approximate surface area is 178 Å². The molecular weight excluding hydrogens is 424 g/mol. The third kappa shape index (κ3) is 3.80. The van der Waals surface area contributed by atoms with E-state index in [9.17, 15) is 22.8 Å². The lowest BCUT2D eigenvalue weighted by molar-refractivity contribution is -0.151. The molecule has 1 aromatic heterocycles. The van der Waals surface area contributed by atoms with E-state index in [1.807, 2.05) is 0 Å². The number of sulfonamides is 1. The molecule has 0 spiro atoms. The van der Waals surface area contributed by atoms with Crippen molar-refractivity contribution in [2.24, 2.45) is 24.4 Å². The van der Waals surface area contributed by atoms with Gasteiger partial charge in [0.05, 0.1) is 11.6 Å². The lowest BCUT2D eigenvalue weighted by Crippen LogP contribution is -2.43. The van der Waals surface area contributed by atoms with E-state index in [0.717, 1.165) is 4.57 Å². The summed E-state index contributed by atoms with van der Waals surface area (Å²) in [7, 11) is -0.859. The third-order valence-corrected chi connectivity index (χ3v) is 6.98. The van der Waals surface area contributed by atoms with Gasteiger partial charge in [0.15, 0.2) is 5.84 Å². The summed E-state index contributed by atoms with van der Waals surface area (Å²) in [5.41, 5.74) is -0.139. The van der Waals surface area contributed by atoms with Crippen molar-refractivity contribution in [2.45, 2.75) is 24.3 Å². The minimum atomic E-state index is -3.74. The summed E-state index contributed by atoms with van der Waals surface area (Å²) in [4.78, 5) is 38.5. The second-order valence-electron chi connectivity index (χ2n) is 7.65. The van der Waals surface area contributed by atoms with Gasteiger partial charge in [-0.25, -0.2) is 4.79 Å². The molecule has 11 heteroatoms. The summed E-state index contributed by atoms with van der Waals surface area (Å²) in [6.45, 7) is 0.655. The number of benzene rings is 1. The highest BCUT2D eigenvalue weighted by molar-refractivity contribution is 7.90. The van der Waals surface area contributed by atoms with Crippen molar-refractivity contribution in [1.29, 1.82) is 0 Å². The van der Waals surface area contributed by atoms with Gasteiger partial charge in [-0.2, -0.15) is 8.42 Å². The van der Waals surface area contributed by atoms with Gasteiger partial charge in [0.1, 0.15) is 11.5 Å². The van der Waals surface area contributed by atoms with Crippen LogP contribution in [0.15, 0.2) is 49.2 Å². The Hall–Kier alpha value is -3.21. The number of carbonyl (C=O) groups is 1. The molecule has 0 radical (unpaired) electrons. The van der Waals surface area contributed by atoms with Crippen molar-refractivity contribution in [3.63, 3.8) is 0 Å². The van der Waals surface area contributed by atoms with Gasteiger partial charge in [0.25, 0.3) is 15.6 Å². The monoisotopic (exact) mass is 446 g/mol. The second-order valence-corrected chi connectivity index (χ2v) is 9.23. The molecule has 0 amide bonds. The molecule has 1 saturated heterocycles. The van der Waals surface area contributed by atoms with Gasteiger partial charge in [-0.15, -0.1) is 4.40 Å². The number of ether oxygens (including phenoxy) is 1. The number of piperidine rings is 1. The molecule has 1 aromatic carbocycles. The largest absolute Gasteiger partial charge is 0.459 e. The first-order valence-corrected chi connectivity index (χ1v) is 11.2. The Morgan fingerprint density at radius 1 is 1.19 bits per heavy atom. The number of fused-ring (bicyclic) bond motifs is 1. The first-order valence-electron chi connectivity index (χ1n) is 9.81. The number of rotatable bonds is 3. The van der Waals surface area contributed by atoms with Gasteiger partial charge >= 0.3 is 11.7 Å². The molecule has 0 saturated carbocycles. The average Bonchev–Trinajstić information content (AvgIpc) is 3.05. The van der Waals surface area contributed by atoms with Crippen LogP contribution in [0.25, 0.3) is 0 Å². The number of aromatic nitrogens is 2. The number of esters is 1. The molecule has 2 aliphatic rings. The van der Waals surface area contributed by atoms with E-state index < -0.39 is 33.2 Å². The average molecular weight is 446 g/mol. The zero-order valence-electron chi connectivity index (χ0n) is 17.1. The van der Waals surface area contributed by atoms with Crippen LogP contribution < -0.4 is 11.2 Å². The Bertz CT molecular complexity index is 1310. The molecule has 164 valence electrons. The number of hydrogen-bond acceptors (Lipinski definition) is 7. The molecule has 0 unspecified atom stereocenters. The molecule has 0 bridgehead atoms. The van der Waals surface area contributed by atoms with Gasteiger partial charge in [-0.1, -0.05) is 12.1 Å². The highest BCUT2D eigenvalue weighted by Crippen LogP contribution is 2.30. The summed E-state index contributed by atoms with van der Waals surface area (Å²) in [6.07, 6.45) is 1.26. The maximum Gasteiger partial charge on any atom is 0.330 e. The smallest absolute Gasteiger partial charge is 0.330 e. The standard InChI is InChI=1S/C20H22N4O6S/c1-22-14(10-17(25)23(2)20(22)27)12-30-19(26)13-6-5-9-24(11-13)18-15-7-3-4-8-16(15)31(28,29)21-18/h3-4,7-8,10,13H,5-6,9,11-12H2,1-2H3/t13-/m0/s1. The predicted molar refractivity (Wildman–Crippen MR) is 111 cm³/mol. The van der Waals surface area contributed by atoms with Crippen LogP contribution in [-0.2, 0) is 40.3 Å². The van der Waals surface area contributed by atoms with Crippen molar-refractivity contribution >= 4 is 21.8 Å². The molecule has 2 aliphatic heterocycles. The molecule has 0 aliphatic carbocycles. The molecule has 0 N–H and O–H groups in total. The van der Waals surface area contributed by atoms with Crippen LogP contribution in [0, 0.1) is 5.92 Å². The van der Waals surface area contributed by atoms with E-state index in [0.29, 0.717) is 36.5 Å². The lowest BCUT2D eigenvalue weighted by atomic mass is 9.97. The van der Waals surface area contributed by atoms with Crippen LogP contribution in [0.3, 0.4) is 0 Å². The molecule has 1 atom stereocenters. The number of hydrogen-bond donors (Lipinski definition) is 0. The van der Waals surface area contributed by atoms with E-state index >= 15 is 0 Å². The van der Waals surface area contributed by atoms with Crippen LogP contribution in [0.4, 0.5) is 0 Å². The minimum Gasteiger partial charge on any atom is -0.459 e. The maximum atomic E-state index is 12.7. The number of carbonyl (C=O) groups excluding carboxylic acids is 1. The van der Waals surface area contributed by atoms with E-state index in [1.165, 1.54) is 30.8 Å². The molecular formula is C20H22N4O6S. The summed E-state index contributed by atoms with van der Waals surface area (Å²) in [6, 6.07) is 7.88. The zero-order valence-corrected chi connectivity index (χ0v) is 18.0.